The van der Waals surface area contributed by atoms with Gasteiger partial charge in [0, 0.05) is 25.4 Å². The fourth-order valence-corrected chi connectivity index (χ4v) is 1.50. The molecule has 3 N–H and O–H groups in total. The third kappa shape index (κ3) is 3.38. The summed E-state index contributed by atoms with van der Waals surface area (Å²) in [5.74, 6) is -0.799. The minimum atomic E-state index is -1.16. The molecule has 0 aliphatic carbocycles. The number of aromatic carboxylic acids is 1. The van der Waals surface area contributed by atoms with E-state index in [2.05, 4.69) is 20.3 Å². The molecule has 0 saturated carbocycles. The maximum atomic E-state index is 11.8. The van der Waals surface area contributed by atoms with Crippen LogP contribution >= 0.6 is 0 Å². The molecule has 1 amide bonds. The van der Waals surface area contributed by atoms with E-state index in [0.717, 1.165) is 5.82 Å². The number of aromatic amines is 1. The molecule has 2 aromatic heterocycles. The number of rotatable bonds is 5. The quantitative estimate of drug-likeness (QED) is 0.724. The summed E-state index contributed by atoms with van der Waals surface area (Å²) in [6.07, 6.45) is 3.90. The first-order valence-electron chi connectivity index (χ1n) is 5.63. The zero-order valence-corrected chi connectivity index (χ0v) is 9.96. The van der Waals surface area contributed by atoms with E-state index in [4.69, 9.17) is 5.11 Å². The average molecular weight is 260 g/mol. The van der Waals surface area contributed by atoms with Crippen LogP contribution in [0.15, 0.2) is 30.6 Å². The summed E-state index contributed by atoms with van der Waals surface area (Å²) in [5, 5.41) is 11.4. The molecule has 2 aromatic rings. The van der Waals surface area contributed by atoms with E-state index in [1.165, 1.54) is 18.2 Å². The van der Waals surface area contributed by atoms with Crippen LogP contribution in [-0.2, 0) is 6.42 Å². The Kier molecular flexibility index (Phi) is 3.87. The predicted molar refractivity (Wildman–Crippen MR) is 65.8 cm³/mol. The Morgan fingerprint density at radius 2 is 2.11 bits per heavy atom. The molecule has 19 heavy (non-hydrogen) atoms. The molecule has 0 radical (unpaired) electrons. The second-order valence-electron chi connectivity index (χ2n) is 3.75. The van der Waals surface area contributed by atoms with Crippen LogP contribution < -0.4 is 5.32 Å². The van der Waals surface area contributed by atoms with Gasteiger partial charge >= 0.3 is 5.97 Å². The van der Waals surface area contributed by atoms with Gasteiger partial charge in [-0.15, -0.1) is 0 Å². The number of pyridine rings is 1. The van der Waals surface area contributed by atoms with Crippen LogP contribution in [0.2, 0.25) is 0 Å². The Hall–Kier alpha value is -2.70. The van der Waals surface area contributed by atoms with E-state index in [1.54, 1.807) is 12.4 Å². The van der Waals surface area contributed by atoms with Gasteiger partial charge in [0.15, 0.2) is 0 Å². The number of nitrogens with one attached hydrogen (secondary N) is 2. The largest absolute Gasteiger partial charge is 0.477 e. The third-order valence-electron chi connectivity index (χ3n) is 2.40. The molecule has 0 spiro atoms. The molecule has 0 aliphatic rings. The fourth-order valence-electron chi connectivity index (χ4n) is 1.50. The molecule has 0 aromatic carbocycles. The Bertz CT molecular complexity index is 580. The highest BCUT2D eigenvalue weighted by Gasteiger charge is 2.10. The van der Waals surface area contributed by atoms with Crippen LogP contribution in [-0.4, -0.2) is 38.5 Å². The maximum absolute atomic E-state index is 11.8. The fraction of sp³-hybridized carbons (Fsp3) is 0.167. The van der Waals surface area contributed by atoms with Crippen LogP contribution in [0.25, 0.3) is 0 Å². The van der Waals surface area contributed by atoms with Gasteiger partial charge in [0.2, 0.25) is 0 Å². The van der Waals surface area contributed by atoms with E-state index < -0.39 is 11.9 Å². The second-order valence-corrected chi connectivity index (χ2v) is 3.75. The van der Waals surface area contributed by atoms with E-state index in [-0.39, 0.29) is 11.4 Å². The lowest BCUT2D eigenvalue weighted by Crippen LogP contribution is -2.27. The number of carbonyl (C=O) groups is 2. The number of aromatic nitrogens is 3. The number of amides is 1. The van der Waals surface area contributed by atoms with Gasteiger partial charge in [0.1, 0.15) is 17.2 Å². The molecule has 0 atom stereocenters. The monoisotopic (exact) mass is 260 g/mol. The van der Waals surface area contributed by atoms with Gasteiger partial charge in [-0.25, -0.2) is 14.8 Å². The van der Waals surface area contributed by atoms with Gasteiger partial charge < -0.3 is 15.4 Å². The van der Waals surface area contributed by atoms with E-state index in [9.17, 15) is 9.59 Å². The van der Waals surface area contributed by atoms with Crippen molar-refractivity contribution < 1.29 is 14.7 Å². The van der Waals surface area contributed by atoms with Crippen molar-refractivity contribution in [3.63, 3.8) is 0 Å². The Labute approximate surface area is 108 Å². The molecule has 0 fully saturated rings. The van der Waals surface area contributed by atoms with E-state index >= 15 is 0 Å². The van der Waals surface area contributed by atoms with Crippen LogP contribution in [0.3, 0.4) is 0 Å². The lowest BCUT2D eigenvalue weighted by Gasteiger charge is -2.04. The molecular formula is C12H12N4O3. The van der Waals surface area contributed by atoms with Crippen molar-refractivity contribution in [3.8, 4) is 0 Å². The first-order chi connectivity index (χ1) is 9.16. The lowest BCUT2D eigenvalue weighted by atomic mass is 10.3. The normalized spacial score (nSPS) is 10.1. The van der Waals surface area contributed by atoms with E-state index in [0.29, 0.717) is 13.0 Å². The summed E-state index contributed by atoms with van der Waals surface area (Å²) in [4.78, 5) is 33.2. The SMILES string of the molecule is O=C(O)c1cccc(C(=O)NCCc2ncc[nH]2)n1. The molecule has 98 valence electrons. The highest BCUT2D eigenvalue weighted by atomic mass is 16.4. The smallest absolute Gasteiger partial charge is 0.354 e. The van der Waals surface area contributed by atoms with Crippen LogP contribution in [0.4, 0.5) is 0 Å². The molecule has 2 rings (SSSR count). The van der Waals surface area contributed by atoms with Gasteiger partial charge in [-0.1, -0.05) is 6.07 Å². The van der Waals surface area contributed by atoms with Crippen molar-refractivity contribution in [1.82, 2.24) is 20.3 Å². The summed E-state index contributed by atoms with van der Waals surface area (Å²) in [6.45, 7) is 0.394. The summed E-state index contributed by atoms with van der Waals surface area (Å²) in [6, 6.07) is 4.29. The Morgan fingerprint density at radius 3 is 2.79 bits per heavy atom. The maximum Gasteiger partial charge on any atom is 0.354 e. The number of carbonyl (C=O) groups excluding carboxylic acids is 1. The minimum Gasteiger partial charge on any atom is -0.477 e. The Morgan fingerprint density at radius 1 is 1.32 bits per heavy atom. The summed E-state index contributed by atoms with van der Waals surface area (Å²) in [7, 11) is 0. The van der Waals surface area contributed by atoms with Crippen molar-refractivity contribution in [2.75, 3.05) is 6.54 Å². The van der Waals surface area contributed by atoms with Gasteiger partial charge in [0.05, 0.1) is 0 Å². The molecular weight excluding hydrogens is 248 g/mol. The average Bonchev–Trinajstić information content (AvgIpc) is 2.92. The number of carboxylic acids is 1. The van der Waals surface area contributed by atoms with Crippen molar-refractivity contribution in [1.29, 1.82) is 0 Å². The number of carboxylic acid groups (broad SMARTS) is 1. The topological polar surface area (TPSA) is 108 Å². The van der Waals surface area contributed by atoms with E-state index in [1.807, 2.05) is 0 Å². The molecule has 0 saturated heterocycles. The van der Waals surface area contributed by atoms with Crippen molar-refractivity contribution in [3.05, 3.63) is 47.8 Å². The molecule has 0 bridgehead atoms. The number of nitrogens with zero attached hydrogens (tertiary/aromatic N) is 2. The number of imidazole rings is 1. The summed E-state index contributed by atoms with van der Waals surface area (Å²) < 4.78 is 0. The first-order valence-corrected chi connectivity index (χ1v) is 5.63. The predicted octanol–water partition coefficient (Wildman–Crippen LogP) is 0.475. The van der Waals surface area contributed by atoms with Gasteiger partial charge in [-0.2, -0.15) is 0 Å². The van der Waals surface area contributed by atoms with Crippen molar-refractivity contribution >= 4 is 11.9 Å². The first kappa shape index (κ1) is 12.7. The standard InChI is InChI=1S/C12H12N4O3/c17-11(15-5-4-10-13-6-7-14-10)8-2-1-3-9(16-8)12(18)19/h1-3,6-7H,4-5H2,(H,13,14)(H,15,17)(H,18,19). The van der Waals surface area contributed by atoms with Crippen molar-refractivity contribution in [2.45, 2.75) is 6.42 Å². The third-order valence-corrected chi connectivity index (χ3v) is 2.40. The Balaban J connectivity index is 1.92. The summed E-state index contributed by atoms with van der Waals surface area (Å²) >= 11 is 0. The lowest BCUT2D eigenvalue weighted by molar-refractivity contribution is 0.0690. The zero-order chi connectivity index (χ0) is 13.7. The summed E-state index contributed by atoms with van der Waals surface area (Å²) in [5.41, 5.74) is -0.0713. The van der Waals surface area contributed by atoms with Gasteiger partial charge in [-0.3, -0.25) is 4.79 Å². The molecule has 0 aliphatic heterocycles. The molecule has 7 nitrogen and oxygen atoms in total. The van der Waals surface area contributed by atoms with Crippen LogP contribution in [0.1, 0.15) is 26.8 Å². The van der Waals surface area contributed by atoms with Crippen LogP contribution in [0, 0.1) is 0 Å². The second kappa shape index (κ2) is 5.76. The molecule has 2 heterocycles. The van der Waals surface area contributed by atoms with Crippen LogP contribution in [0.5, 0.6) is 0 Å². The van der Waals surface area contributed by atoms with Crippen molar-refractivity contribution in [2.24, 2.45) is 0 Å². The van der Waals surface area contributed by atoms with Gasteiger partial charge in [0.25, 0.3) is 5.91 Å². The number of hydrogen-bond acceptors (Lipinski definition) is 4. The molecule has 0 unspecified atom stereocenters. The van der Waals surface area contributed by atoms with Gasteiger partial charge in [-0.05, 0) is 12.1 Å². The number of hydrogen-bond donors (Lipinski definition) is 3. The highest BCUT2D eigenvalue weighted by molar-refractivity contribution is 5.94. The number of H-pyrrole nitrogens is 1. The minimum absolute atomic E-state index is 0.0827. The molecule has 7 heteroatoms. The highest BCUT2D eigenvalue weighted by Crippen LogP contribution is 1.99. The zero-order valence-electron chi connectivity index (χ0n) is 9.96.